The normalized spacial score (nSPS) is 10.8. The molecule has 1 aromatic carbocycles. The van der Waals surface area contributed by atoms with E-state index in [9.17, 15) is 9.59 Å². The van der Waals surface area contributed by atoms with Gasteiger partial charge in [-0.3, -0.25) is 9.59 Å². The molecular formula is C22H20N4O3. The molecule has 7 heteroatoms. The Balaban J connectivity index is 1.42. The lowest BCUT2D eigenvalue weighted by Gasteiger charge is -2.14. The number of furan rings is 1. The van der Waals surface area contributed by atoms with E-state index in [4.69, 9.17) is 4.42 Å². The Bertz CT molecular complexity index is 1170. The van der Waals surface area contributed by atoms with Crippen molar-refractivity contribution in [3.8, 4) is 5.69 Å². The summed E-state index contributed by atoms with van der Waals surface area (Å²) in [7, 11) is 1.71. The molecule has 0 fully saturated rings. The van der Waals surface area contributed by atoms with Gasteiger partial charge in [0.1, 0.15) is 5.76 Å². The van der Waals surface area contributed by atoms with Crippen molar-refractivity contribution in [2.75, 3.05) is 7.05 Å². The first-order chi connectivity index (χ1) is 14.1. The average molecular weight is 388 g/mol. The van der Waals surface area contributed by atoms with Crippen LogP contribution in [0.25, 0.3) is 5.69 Å². The van der Waals surface area contributed by atoms with Crippen molar-refractivity contribution in [2.24, 2.45) is 0 Å². The van der Waals surface area contributed by atoms with Gasteiger partial charge in [0, 0.05) is 37.6 Å². The van der Waals surface area contributed by atoms with Crippen molar-refractivity contribution in [3.05, 3.63) is 107 Å². The van der Waals surface area contributed by atoms with E-state index < -0.39 is 0 Å². The molecule has 0 atom stereocenters. The summed E-state index contributed by atoms with van der Waals surface area (Å²) >= 11 is 0. The summed E-state index contributed by atoms with van der Waals surface area (Å²) in [6, 6.07) is 18.1. The van der Waals surface area contributed by atoms with E-state index in [2.05, 4.69) is 5.10 Å². The van der Waals surface area contributed by atoms with Gasteiger partial charge in [-0.25, -0.2) is 4.68 Å². The van der Waals surface area contributed by atoms with Crippen LogP contribution >= 0.6 is 0 Å². The summed E-state index contributed by atoms with van der Waals surface area (Å²) < 4.78 is 8.96. The van der Waals surface area contributed by atoms with E-state index >= 15 is 0 Å². The number of carbonyl (C=O) groups is 1. The predicted molar refractivity (Wildman–Crippen MR) is 108 cm³/mol. The zero-order chi connectivity index (χ0) is 20.2. The minimum atomic E-state index is -0.232. The van der Waals surface area contributed by atoms with Gasteiger partial charge in [0.15, 0.2) is 5.76 Å². The van der Waals surface area contributed by atoms with Gasteiger partial charge >= 0.3 is 0 Å². The molecule has 0 aliphatic carbocycles. The second-order valence-electron chi connectivity index (χ2n) is 6.72. The van der Waals surface area contributed by atoms with Crippen molar-refractivity contribution in [1.82, 2.24) is 19.2 Å². The number of amides is 1. The molecule has 146 valence electrons. The maximum atomic E-state index is 12.7. The number of carbonyl (C=O) groups excluding carboxylic acids is 1. The zero-order valence-corrected chi connectivity index (χ0v) is 15.9. The van der Waals surface area contributed by atoms with Crippen LogP contribution in [-0.4, -0.2) is 32.2 Å². The molecule has 0 saturated carbocycles. The number of pyridine rings is 1. The summed E-state index contributed by atoms with van der Waals surface area (Å²) in [5.74, 6) is 0.554. The minimum absolute atomic E-state index is 0.121. The number of benzene rings is 1. The lowest BCUT2D eigenvalue weighted by Crippen LogP contribution is -2.25. The van der Waals surface area contributed by atoms with E-state index in [1.165, 1.54) is 10.6 Å². The SMILES string of the molecule is CN(Cc1cnn(-c2ccccc2)c1)C(=O)c1ccc(Cn2ccccc2=O)o1. The van der Waals surface area contributed by atoms with Crippen LogP contribution in [0.2, 0.25) is 0 Å². The molecule has 0 unspecified atom stereocenters. The maximum absolute atomic E-state index is 12.7. The Kier molecular flexibility index (Phi) is 5.11. The van der Waals surface area contributed by atoms with Crippen molar-refractivity contribution in [3.63, 3.8) is 0 Å². The third kappa shape index (κ3) is 4.19. The summed E-state index contributed by atoms with van der Waals surface area (Å²) in [6.45, 7) is 0.681. The molecule has 1 amide bonds. The minimum Gasteiger partial charge on any atom is -0.454 e. The highest BCUT2D eigenvalue weighted by Crippen LogP contribution is 2.14. The van der Waals surface area contributed by atoms with Crippen LogP contribution < -0.4 is 5.56 Å². The standard InChI is InChI=1S/C22H20N4O3/c1-24(14-17-13-23-26(15-17)18-7-3-2-4-8-18)22(28)20-11-10-19(29-20)16-25-12-6-5-9-21(25)27/h2-13,15H,14,16H2,1H3. The first kappa shape index (κ1) is 18.5. The number of hydrogen-bond donors (Lipinski definition) is 0. The Morgan fingerprint density at radius 1 is 1.07 bits per heavy atom. The maximum Gasteiger partial charge on any atom is 0.289 e. The molecule has 0 radical (unpaired) electrons. The Morgan fingerprint density at radius 3 is 2.66 bits per heavy atom. The Labute approximate surface area is 167 Å². The number of para-hydroxylation sites is 1. The second-order valence-corrected chi connectivity index (χ2v) is 6.72. The molecule has 0 bridgehead atoms. The molecule has 3 heterocycles. The van der Waals surface area contributed by atoms with Gasteiger partial charge in [0.25, 0.3) is 11.5 Å². The zero-order valence-electron chi connectivity index (χ0n) is 15.9. The fourth-order valence-electron chi connectivity index (χ4n) is 3.03. The number of nitrogens with zero attached hydrogens (tertiary/aromatic N) is 4. The van der Waals surface area contributed by atoms with Crippen LogP contribution in [0.4, 0.5) is 0 Å². The molecule has 0 aliphatic heterocycles. The number of hydrogen-bond acceptors (Lipinski definition) is 4. The summed E-state index contributed by atoms with van der Waals surface area (Å²) in [4.78, 5) is 26.1. The third-order valence-electron chi connectivity index (χ3n) is 4.52. The van der Waals surface area contributed by atoms with Gasteiger partial charge < -0.3 is 13.9 Å². The Hall–Kier alpha value is -3.87. The number of aromatic nitrogens is 3. The monoisotopic (exact) mass is 388 g/mol. The van der Waals surface area contributed by atoms with Gasteiger partial charge in [-0.15, -0.1) is 0 Å². The van der Waals surface area contributed by atoms with Crippen LogP contribution in [-0.2, 0) is 13.1 Å². The first-order valence-electron chi connectivity index (χ1n) is 9.19. The van der Waals surface area contributed by atoms with Crippen molar-refractivity contribution in [2.45, 2.75) is 13.1 Å². The highest BCUT2D eigenvalue weighted by Gasteiger charge is 2.17. The van der Waals surface area contributed by atoms with Gasteiger partial charge in [-0.05, 0) is 30.3 Å². The smallest absolute Gasteiger partial charge is 0.289 e. The highest BCUT2D eigenvalue weighted by molar-refractivity contribution is 5.91. The summed E-state index contributed by atoms with van der Waals surface area (Å²) in [5, 5.41) is 4.35. The summed E-state index contributed by atoms with van der Waals surface area (Å²) in [6.07, 6.45) is 5.32. The van der Waals surface area contributed by atoms with Crippen LogP contribution in [0.5, 0.6) is 0 Å². The second kappa shape index (κ2) is 8.02. The molecular weight excluding hydrogens is 368 g/mol. The summed E-state index contributed by atoms with van der Waals surface area (Å²) in [5.41, 5.74) is 1.75. The van der Waals surface area contributed by atoms with Gasteiger partial charge in [0.2, 0.25) is 0 Å². The van der Waals surface area contributed by atoms with Crippen LogP contribution in [0.1, 0.15) is 21.9 Å². The largest absolute Gasteiger partial charge is 0.454 e. The van der Waals surface area contributed by atoms with E-state index in [0.29, 0.717) is 12.3 Å². The third-order valence-corrected chi connectivity index (χ3v) is 4.52. The predicted octanol–water partition coefficient (Wildman–Crippen LogP) is 2.95. The Morgan fingerprint density at radius 2 is 1.86 bits per heavy atom. The van der Waals surface area contributed by atoms with E-state index in [1.54, 1.807) is 53.3 Å². The van der Waals surface area contributed by atoms with Crippen LogP contribution in [0.15, 0.2) is 88.5 Å². The van der Waals surface area contributed by atoms with Crippen LogP contribution in [0, 0.1) is 0 Å². The molecule has 0 saturated heterocycles. The number of rotatable bonds is 6. The van der Waals surface area contributed by atoms with Crippen molar-refractivity contribution < 1.29 is 9.21 Å². The van der Waals surface area contributed by atoms with E-state index in [0.717, 1.165) is 11.3 Å². The molecule has 0 N–H and O–H groups in total. The average Bonchev–Trinajstić information content (AvgIpc) is 3.40. The van der Waals surface area contributed by atoms with Gasteiger partial charge in [0.05, 0.1) is 18.4 Å². The molecule has 0 aliphatic rings. The lowest BCUT2D eigenvalue weighted by molar-refractivity contribution is 0.0751. The highest BCUT2D eigenvalue weighted by atomic mass is 16.4. The van der Waals surface area contributed by atoms with Crippen molar-refractivity contribution >= 4 is 5.91 Å². The molecule has 4 aromatic rings. The molecule has 29 heavy (non-hydrogen) atoms. The van der Waals surface area contributed by atoms with E-state index in [-0.39, 0.29) is 23.8 Å². The van der Waals surface area contributed by atoms with E-state index in [1.807, 2.05) is 36.5 Å². The van der Waals surface area contributed by atoms with Crippen molar-refractivity contribution in [1.29, 1.82) is 0 Å². The fourth-order valence-corrected chi connectivity index (χ4v) is 3.03. The topological polar surface area (TPSA) is 73.3 Å². The molecule has 0 spiro atoms. The molecule has 3 aromatic heterocycles. The molecule has 4 rings (SSSR count). The van der Waals surface area contributed by atoms with Gasteiger partial charge in [-0.1, -0.05) is 24.3 Å². The molecule has 7 nitrogen and oxygen atoms in total. The van der Waals surface area contributed by atoms with Crippen LogP contribution in [0.3, 0.4) is 0 Å². The lowest BCUT2D eigenvalue weighted by atomic mass is 10.3. The first-order valence-corrected chi connectivity index (χ1v) is 9.19. The fraction of sp³-hybridized carbons (Fsp3) is 0.136. The quantitative estimate of drug-likeness (QED) is 0.509. The van der Waals surface area contributed by atoms with Gasteiger partial charge in [-0.2, -0.15) is 5.10 Å².